The zero-order valence-electron chi connectivity index (χ0n) is 17.8. The van der Waals surface area contributed by atoms with Crippen molar-refractivity contribution in [2.24, 2.45) is 16.1 Å². The second-order valence-corrected chi connectivity index (χ2v) is 9.38. The van der Waals surface area contributed by atoms with E-state index in [1.165, 1.54) is 29.7 Å². The number of hydrogen-bond donors (Lipinski definition) is 1. The number of nitrogens with zero attached hydrogens (tertiary/aromatic N) is 2. The van der Waals surface area contributed by atoms with Crippen molar-refractivity contribution in [2.75, 3.05) is 7.11 Å². The number of primary amides is 1. The number of unbranched alkanes of at least 4 members (excludes halogenated alkanes) is 1. The average Bonchev–Trinajstić information content (AvgIpc) is 2.70. The molecule has 0 saturated heterocycles. The van der Waals surface area contributed by atoms with E-state index in [0.717, 1.165) is 43.4 Å². The van der Waals surface area contributed by atoms with Crippen LogP contribution in [0.4, 0.5) is 0 Å². The van der Waals surface area contributed by atoms with Crippen LogP contribution in [0.15, 0.2) is 41.7 Å². The summed E-state index contributed by atoms with van der Waals surface area (Å²) in [5.74, 6) is 0.554. The fourth-order valence-corrected chi connectivity index (χ4v) is 6.03. The molecule has 2 heterocycles. The summed E-state index contributed by atoms with van der Waals surface area (Å²) in [6, 6.07) is 8.54. The minimum atomic E-state index is -0.363. The number of benzene rings is 1. The molecule has 1 unspecified atom stereocenters. The Morgan fingerprint density at radius 2 is 2.03 bits per heavy atom. The Morgan fingerprint density at radius 3 is 2.73 bits per heavy atom. The standard InChI is InChI=1S/C25H29N3O2/c1-3-4-5-17-10-16-11-18(30-2)6-7-19(16)22(28-17)25-13-24(14-25,15-25)21-12-27-9-8-20(21)23(26)29/h6-9,11-12,17H,3-5,10,13-15H2,1-2H3,(H2,26,29). The molecular weight excluding hydrogens is 374 g/mol. The molecule has 5 heteroatoms. The van der Waals surface area contributed by atoms with Crippen molar-refractivity contribution >= 4 is 11.6 Å². The van der Waals surface area contributed by atoms with Crippen LogP contribution in [0, 0.1) is 5.41 Å². The van der Waals surface area contributed by atoms with Crippen LogP contribution in [0.5, 0.6) is 5.75 Å². The summed E-state index contributed by atoms with van der Waals surface area (Å²) in [6.07, 6.45) is 11.1. The van der Waals surface area contributed by atoms with Crippen molar-refractivity contribution < 1.29 is 9.53 Å². The molecule has 1 aromatic carbocycles. The van der Waals surface area contributed by atoms with Gasteiger partial charge in [0.25, 0.3) is 0 Å². The van der Waals surface area contributed by atoms with Crippen LogP contribution >= 0.6 is 0 Å². The van der Waals surface area contributed by atoms with Crippen molar-refractivity contribution in [3.63, 3.8) is 0 Å². The third-order valence-electron chi connectivity index (χ3n) is 7.42. The number of fused-ring (bicyclic) bond motifs is 1. The smallest absolute Gasteiger partial charge is 0.249 e. The van der Waals surface area contributed by atoms with E-state index in [2.05, 4.69) is 24.0 Å². The van der Waals surface area contributed by atoms with Crippen LogP contribution in [0.2, 0.25) is 0 Å². The highest BCUT2D eigenvalue weighted by Crippen LogP contribution is 2.75. The van der Waals surface area contributed by atoms with Crippen LogP contribution in [0.25, 0.3) is 0 Å². The molecular formula is C25H29N3O2. The predicted molar refractivity (Wildman–Crippen MR) is 117 cm³/mol. The van der Waals surface area contributed by atoms with Crippen LogP contribution in [0.1, 0.15) is 72.5 Å². The second kappa shape index (κ2) is 6.93. The molecule has 156 valence electrons. The van der Waals surface area contributed by atoms with E-state index in [0.29, 0.717) is 11.6 Å². The Morgan fingerprint density at radius 1 is 1.23 bits per heavy atom. The second-order valence-electron chi connectivity index (χ2n) is 9.38. The van der Waals surface area contributed by atoms with Gasteiger partial charge in [0.15, 0.2) is 0 Å². The largest absolute Gasteiger partial charge is 0.497 e. The summed E-state index contributed by atoms with van der Waals surface area (Å²) < 4.78 is 5.49. The van der Waals surface area contributed by atoms with E-state index in [9.17, 15) is 4.79 Å². The Labute approximate surface area is 177 Å². The molecule has 30 heavy (non-hydrogen) atoms. The lowest BCUT2D eigenvalue weighted by Crippen LogP contribution is -2.68. The summed E-state index contributed by atoms with van der Waals surface area (Å²) in [5, 5.41) is 0. The van der Waals surface area contributed by atoms with E-state index in [1.54, 1.807) is 19.4 Å². The first-order valence-electron chi connectivity index (χ1n) is 11.0. The van der Waals surface area contributed by atoms with E-state index in [-0.39, 0.29) is 16.7 Å². The maximum absolute atomic E-state index is 11.9. The van der Waals surface area contributed by atoms with Crippen molar-refractivity contribution in [3.05, 3.63) is 58.9 Å². The minimum Gasteiger partial charge on any atom is -0.497 e. The zero-order chi connectivity index (χ0) is 20.9. The third kappa shape index (κ3) is 2.78. The Bertz CT molecular complexity index is 1020. The highest BCUT2D eigenvalue weighted by atomic mass is 16.5. The number of aromatic nitrogens is 1. The molecule has 0 spiro atoms. The van der Waals surface area contributed by atoms with Crippen LogP contribution < -0.4 is 10.5 Å². The van der Waals surface area contributed by atoms with E-state index >= 15 is 0 Å². The molecule has 2 aromatic rings. The van der Waals surface area contributed by atoms with Gasteiger partial charge >= 0.3 is 0 Å². The van der Waals surface area contributed by atoms with Crippen molar-refractivity contribution in [2.45, 2.75) is 63.3 Å². The number of nitrogens with two attached hydrogens (primary N) is 1. The third-order valence-corrected chi connectivity index (χ3v) is 7.42. The van der Waals surface area contributed by atoms with Gasteiger partial charge in [0, 0.05) is 34.5 Å². The van der Waals surface area contributed by atoms with Gasteiger partial charge in [-0.15, -0.1) is 0 Å². The molecule has 2 N–H and O–H groups in total. The number of aliphatic imine (C=N–C) groups is 1. The van der Waals surface area contributed by atoms with Gasteiger partial charge in [-0.05, 0) is 73.1 Å². The van der Waals surface area contributed by atoms with Gasteiger partial charge < -0.3 is 10.5 Å². The summed E-state index contributed by atoms with van der Waals surface area (Å²) in [4.78, 5) is 21.5. The molecule has 1 atom stereocenters. The lowest BCUT2D eigenvalue weighted by atomic mass is 9.31. The molecule has 1 aliphatic heterocycles. The number of pyridine rings is 1. The van der Waals surface area contributed by atoms with Crippen molar-refractivity contribution in [1.29, 1.82) is 0 Å². The van der Waals surface area contributed by atoms with E-state index in [1.807, 2.05) is 12.3 Å². The summed E-state index contributed by atoms with van der Waals surface area (Å²) in [5.41, 5.74) is 11.4. The number of amides is 1. The van der Waals surface area contributed by atoms with E-state index in [4.69, 9.17) is 15.5 Å². The van der Waals surface area contributed by atoms with Crippen LogP contribution in [-0.2, 0) is 11.8 Å². The topological polar surface area (TPSA) is 77.6 Å². The number of ether oxygens (including phenoxy) is 1. The summed E-state index contributed by atoms with van der Waals surface area (Å²) in [7, 11) is 1.73. The minimum absolute atomic E-state index is 0.0319. The quantitative estimate of drug-likeness (QED) is 0.752. The van der Waals surface area contributed by atoms with Crippen molar-refractivity contribution in [3.8, 4) is 5.75 Å². The zero-order valence-corrected chi connectivity index (χ0v) is 17.8. The first-order chi connectivity index (χ1) is 14.5. The first kappa shape index (κ1) is 19.3. The lowest BCUT2D eigenvalue weighted by Gasteiger charge is -2.71. The number of hydrogen-bond acceptors (Lipinski definition) is 4. The van der Waals surface area contributed by atoms with Gasteiger partial charge in [-0.25, -0.2) is 0 Å². The number of carbonyl (C=O) groups is 1. The Balaban J connectivity index is 1.46. The highest BCUT2D eigenvalue weighted by molar-refractivity contribution is 6.09. The fraction of sp³-hybridized carbons (Fsp3) is 0.480. The molecule has 2 bridgehead atoms. The lowest BCUT2D eigenvalue weighted by molar-refractivity contribution is -0.0824. The maximum atomic E-state index is 11.9. The molecule has 1 amide bonds. The van der Waals surface area contributed by atoms with Crippen LogP contribution in [0.3, 0.4) is 0 Å². The van der Waals surface area contributed by atoms with Gasteiger partial charge in [-0.2, -0.15) is 0 Å². The molecule has 0 radical (unpaired) electrons. The molecule has 1 aromatic heterocycles. The molecule has 6 rings (SSSR count). The number of rotatable bonds is 7. The normalized spacial score (nSPS) is 28.6. The van der Waals surface area contributed by atoms with Gasteiger partial charge in [-0.3, -0.25) is 14.8 Å². The van der Waals surface area contributed by atoms with Gasteiger partial charge in [0.1, 0.15) is 5.75 Å². The SMILES string of the molecule is CCCCC1Cc2cc(OC)ccc2C(C23CC(c4cnccc4C(N)=O)(C2)C3)=N1. The number of methoxy groups -OCH3 is 1. The van der Waals surface area contributed by atoms with Crippen LogP contribution in [-0.4, -0.2) is 29.8 Å². The molecule has 3 fully saturated rings. The average molecular weight is 404 g/mol. The maximum Gasteiger partial charge on any atom is 0.249 e. The monoisotopic (exact) mass is 403 g/mol. The Hall–Kier alpha value is -2.69. The highest BCUT2D eigenvalue weighted by Gasteiger charge is 2.71. The summed E-state index contributed by atoms with van der Waals surface area (Å²) in [6.45, 7) is 2.24. The molecule has 4 aliphatic rings. The van der Waals surface area contributed by atoms with Crippen molar-refractivity contribution in [1.82, 2.24) is 4.98 Å². The fourth-order valence-electron chi connectivity index (χ4n) is 6.03. The molecule has 3 saturated carbocycles. The molecule has 5 nitrogen and oxygen atoms in total. The first-order valence-corrected chi connectivity index (χ1v) is 11.0. The van der Waals surface area contributed by atoms with E-state index < -0.39 is 0 Å². The number of carbonyl (C=O) groups excluding carboxylic acids is 1. The molecule has 3 aliphatic carbocycles. The van der Waals surface area contributed by atoms with Gasteiger partial charge in [0.2, 0.25) is 5.91 Å². The van der Waals surface area contributed by atoms with Gasteiger partial charge in [-0.1, -0.05) is 19.8 Å². The predicted octanol–water partition coefficient (Wildman–Crippen LogP) is 4.22. The van der Waals surface area contributed by atoms with Gasteiger partial charge in [0.05, 0.1) is 13.2 Å². The Kier molecular flexibility index (Phi) is 4.46. The summed E-state index contributed by atoms with van der Waals surface area (Å²) >= 11 is 0.